The van der Waals surface area contributed by atoms with Crippen molar-refractivity contribution in [2.24, 2.45) is 0 Å². The van der Waals surface area contributed by atoms with Gasteiger partial charge in [-0.1, -0.05) is 60.8 Å². The Bertz CT molecular complexity index is 1470. The first-order valence-corrected chi connectivity index (χ1v) is 13.7. The van der Waals surface area contributed by atoms with Crippen LogP contribution in [0.1, 0.15) is 24.3 Å². The summed E-state index contributed by atoms with van der Waals surface area (Å²) in [5, 5.41) is 12.6. The number of rotatable bonds is 9. The van der Waals surface area contributed by atoms with Crippen LogP contribution >= 0.6 is 27.7 Å². The average Bonchev–Trinajstić information content (AvgIpc) is 3.09. The van der Waals surface area contributed by atoms with E-state index in [9.17, 15) is 4.39 Å². The predicted molar refractivity (Wildman–Crippen MR) is 149 cm³/mol. The van der Waals surface area contributed by atoms with Crippen molar-refractivity contribution in [2.75, 3.05) is 18.5 Å². The van der Waals surface area contributed by atoms with E-state index >= 15 is 0 Å². The van der Waals surface area contributed by atoms with Gasteiger partial charge in [-0.25, -0.2) is 4.39 Å². The van der Waals surface area contributed by atoms with E-state index in [1.807, 2.05) is 43.3 Å². The molecule has 0 saturated carbocycles. The van der Waals surface area contributed by atoms with Crippen molar-refractivity contribution in [3.63, 3.8) is 0 Å². The molecule has 1 aliphatic rings. The summed E-state index contributed by atoms with van der Waals surface area (Å²) in [5.74, 6) is 1.57. The third-order valence-corrected chi connectivity index (χ3v) is 7.10. The Balaban J connectivity index is 1.51. The lowest BCUT2D eigenvalue weighted by atomic mass is 10.1. The highest BCUT2D eigenvalue weighted by Crippen LogP contribution is 2.43. The summed E-state index contributed by atoms with van der Waals surface area (Å²) < 4.78 is 32.9. The molecule has 10 heteroatoms. The minimum atomic E-state index is -0.623. The van der Waals surface area contributed by atoms with Gasteiger partial charge in [-0.3, -0.25) is 0 Å². The lowest BCUT2D eigenvalue weighted by molar-refractivity contribution is 0.223. The van der Waals surface area contributed by atoms with Gasteiger partial charge in [0.1, 0.15) is 12.4 Å². The molecule has 0 amide bonds. The Morgan fingerprint density at radius 1 is 1.13 bits per heavy atom. The van der Waals surface area contributed by atoms with Crippen molar-refractivity contribution < 1.29 is 18.6 Å². The highest BCUT2D eigenvalue weighted by molar-refractivity contribution is 9.10. The number of aromatic nitrogens is 3. The van der Waals surface area contributed by atoms with Crippen molar-refractivity contribution in [1.82, 2.24) is 15.2 Å². The molecule has 0 spiro atoms. The highest BCUT2D eigenvalue weighted by atomic mass is 79.9. The molecule has 1 aliphatic heterocycles. The molecule has 0 fully saturated rings. The van der Waals surface area contributed by atoms with Crippen LogP contribution in [0.4, 0.5) is 10.1 Å². The molecule has 38 heavy (non-hydrogen) atoms. The van der Waals surface area contributed by atoms with Gasteiger partial charge in [0.25, 0.3) is 0 Å². The summed E-state index contributed by atoms with van der Waals surface area (Å²) in [6.07, 6.45) is 1.05. The number of benzene rings is 3. The monoisotopic (exact) mass is 594 g/mol. The third-order valence-electron chi connectivity index (χ3n) is 5.63. The fraction of sp³-hybridized carbons (Fsp3) is 0.179. The summed E-state index contributed by atoms with van der Waals surface area (Å²) in [5.41, 5.74) is 3.49. The maximum atomic E-state index is 14.1. The van der Waals surface area contributed by atoms with Crippen molar-refractivity contribution in [3.8, 4) is 28.6 Å². The molecule has 0 unspecified atom stereocenters. The van der Waals surface area contributed by atoms with Gasteiger partial charge in [-0.2, -0.15) is 4.98 Å². The van der Waals surface area contributed by atoms with Gasteiger partial charge in [0.2, 0.25) is 11.0 Å². The number of anilines is 1. The van der Waals surface area contributed by atoms with Gasteiger partial charge < -0.3 is 19.5 Å². The van der Waals surface area contributed by atoms with Crippen LogP contribution in [0.15, 0.2) is 82.9 Å². The molecule has 0 bridgehead atoms. The van der Waals surface area contributed by atoms with Crippen molar-refractivity contribution in [1.29, 1.82) is 0 Å². The Hall–Kier alpha value is -3.63. The number of fused-ring (bicyclic) bond motifs is 3. The van der Waals surface area contributed by atoms with E-state index in [2.05, 4.69) is 43.0 Å². The summed E-state index contributed by atoms with van der Waals surface area (Å²) in [6, 6.07) is 18.2. The van der Waals surface area contributed by atoms with Gasteiger partial charge in [-0.15, -0.1) is 10.2 Å². The molecule has 5 rings (SSSR count). The molecule has 2 heterocycles. The Kier molecular flexibility index (Phi) is 8.09. The molecule has 7 nitrogen and oxygen atoms in total. The first-order valence-electron chi connectivity index (χ1n) is 11.9. The molecule has 0 aliphatic carbocycles. The second kappa shape index (κ2) is 11.8. The standard InChI is InChI=1S/C28H24BrFN4O3S/c1-3-13-36-25-20(29)14-18(15-23(25)35-4-2)26-31-22-12-8-6-10-19(22)24-27(37-26)32-28(34-33-24)38-16-17-9-5-7-11-21(17)30/h3,5-12,14-15,26,31H,1,4,13,16H2,2H3/t26-/m0/s1. The molecule has 0 saturated heterocycles. The molecule has 194 valence electrons. The van der Waals surface area contributed by atoms with E-state index in [0.29, 0.717) is 57.2 Å². The smallest absolute Gasteiger partial charge is 0.247 e. The number of thioether (sulfide) groups is 1. The molecule has 1 aromatic heterocycles. The lowest BCUT2D eigenvalue weighted by Gasteiger charge is -2.22. The van der Waals surface area contributed by atoms with Crippen LogP contribution in [0.25, 0.3) is 11.3 Å². The van der Waals surface area contributed by atoms with Crippen LogP contribution in [0.5, 0.6) is 17.4 Å². The summed E-state index contributed by atoms with van der Waals surface area (Å²) >= 11 is 4.90. The molecule has 3 aromatic carbocycles. The minimum Gasteiger partial charge on any atom is -0.490 e. The highest BCUT2D eigenvalue weighted by Gasteiger charge is 2.27. The van der Waals surface area contributed by atoms with Crippen molar-refractivity contribution in [3.05, 3.63) is 94.7 Å². The summed E-state index contributed by atoms with van der Waals surface area (Å²) in [6.45, 7) is 6.43. The van der Waals surface area contributed by atoms with Crippen LogP contribution in [-0.4, -0.2) is 28.4 Å². The quantitative estimate of drug-likeness (QED) is 0.161. The zero-order valence-electron chi connectivity index (χ0n) is 20.5. The average molecular weight is 595 g/mol. The van der Waals surface area contributed by atoms with Crippen LogP contribution in [0.2, 0.25) is 0 Å². The van der Waals surface area contributed by atoms with Gasteiger partial charge >= 0.3 is 0 Å². The molecule has 1 atom stereocenters. The van der Waals surface area contributed by atoms with E-state index in [1.165, 1.54) is 17.8 Å². The van der Waals surface area contributed by atoms with E-state index < -0.39 is 6.23 Å². The number of ether oxygens (including phenoxy) is 3. The first kappa shape index (κ1) is 26.0. The van der Waals surface area contributed by atoms with E-state index in [1.54, 1.807) is 24.3 Å². The van der Waals surface area contributed by atoms with Gasteiger partial charge in [0.15, 0.2) is 23.4 Å². The van der Waals surface area contributed by atoms with Gasteiger partial charge in [0.05, 0.1) is 11.1 Å². The molecule has 0 radical (unpaired) electrons. The normalized spacial score (nSPS) is 13.8. The minimum absolute atomic E-state index is 0.270. The SMILES string of the molecule is C=CCOc1c(Br)cc([C@H]2Nc3ccccc3-c3nnc(SCc4ccccc4F)nc3O2)cc1OCC. The molecule has 4 aromatic rings. The Morgan fingerprint density at radius 3 is 2.76 bits per heavy atom. The maximum absolute atomic E-state index is 14.1. The van der Waals surface area contributed by atoms with E-state index in [0.717, 1.165) is 16.8 Å². The van der Waals surface area contributed by atoms with Crippen molar-refractivity contribution >= 4 is 33.4 Å². The number of nitrogens with one attached hydrogen (secondary N) is 1. The number of hydrogen-bond donors (Lipinski definition) is 1. The van der Waals surface area contributed by atoms with Gasteiger partial charge in [-0.05, 0) is 52.7 Å². The maximum Gasteiger partial charge on any atom is 0.247 e. The molecule has 1 N–H and O–H groups in total. The van der Waals surface area contributed by atoms with E-state index in [-0.39, 0.29) is 5.82 Å². The number of para-hydroxylation sites is 1. The van der Waals surface area contributed by atoms with Crippen LogP contribution < -0.4 is 19.5 Å². The number of nitrogens with zero attached hydrogens (tertiary/aromatic N) is 3. The first-order chi connectivity index (χ1) is 18.6. The predicted octanol–water partition coefficient (Wildman–Crippen LogP) is 7.20. The Morgan fingerprint density at radius 2 is 1.95 bits per heavy atom. The third kappa shape index (κ3) is 5.61. The van der Waals surface area contributed by atoms with Crippen LogP contribution in [-0.2, 0) is 5.75 Å². The zero-order chi connectivity index (χ0) is 26.5. The summed E-state index contributed by atoms with van der Waals surface area (Å²) in [4.78, 5) is 4.66. The largest absolute Gasteiger partial charge is 0.490 e. The summed E-state index contributed by atoms with van der Waals surface area (Å²) in [7, 11) is 0. The van der Waals surface area contributed by atoms with Crippen molar-refractivity contribution in [2.45, 2.75) is 24.1 Å². The number of halogens is 2. The zero-order valence-corrected chi connectivity index (χ0v) is 22.9. The fourth-order valence-corrected chi connectivity index (χ4v) is 5.24. The fourth-order valence-electron chi connectivity index (χ4n) is 3.90. The molecular formula is C28H24BrFN4O3S. The van der Waals surface area contributed by atoms with Crippen LogP contribution in [0, 0.1) is 5.82 Å². The topological polar surface area (TPSA) is 78.4 Å². The second-order valence-electron chi connectivity index (χ2n) is 8.18. The van der Waals surface area contributed by atoms with Gasteiger partial charge in [0, 0.05) is 22.6 Å². The lowest BCUT2D eigenvalue weighted by Crippen LogP contribution is -2.17. The van der Waals surface area contributed by atoms with E-state index in [4.69, 9.17) is 14.2 Å². The Labute approximate surface area is 232 Å². The molecular weight excluding hydrogens is 571 g/mol. The second-order valence-corrected chi connectivity index (χ2v) is 9.98. The number of hydrogen-bond acceptors (Lipinski definition) is 8. The van der Waals surface area contributed by atoms with Crippen LogP contribution in [0.3, 0.4) is 0 Å².